The first kappa shape index (κ1) is 26.3. The van der Waals surface area contributed by atoms with Crippen LogP contribution < -0.4 is 4.74 Å². The van der Waals surface area contributed by atoms with Crippen molar-refractivity contribution in [2.75, 3.05) is 39.5 Å². The fraction of sp³-hybridized carbons (Fsp3) is 0.692. The van der Waals surface area contributed by atoms with E-state index in [1.54, 1.807) is 4.90 Å². The second-order valence-corrected chi connectivity index (χ2v) is 9.93. The Bertz CT molecular complexity index is 778. The molecule has 2 fully saturated rings. The maximum Gasteiger partial charge on any atom is 0.410 e. The summed E-state index contributed by atoms with van der Waals surface area (Å²) < 4.78 is 27.6. The SMILES string of the molecule is CC(C)(C)OC(=O)N1CCC(COC(=O)Cc2cccc(OCCCCC3OCCO3)c2)CC1. The van der Waals surface area contributed by atoms with Gasteiger partial charge in [0.15, 0.2) is 6.29 Å². The van der Waals surface area contributed by atoms with Crippen molar-refractivity contribution >= 4 is 12.1 Å². The summed E-state index contributed by atoms with van der Waals surface area (Å²) in [6.07, 6.45) is 4.26. The molecule has 2 aliphatic heterocycles. The molecule has 0 aliphatic carbocycles. The summed E-state index contributed by atoms with van der Waals surface area (Å²) in [5.74, 6) is 0.772. The minimum absolute atomic E-state index is 0.0631. The first-order valence-corrected chi connectivity index (χ1v) is 12.4. The lowest BCUT2D eigenvalue weighted by atomic mass is 9.98. The molecule has 8 nitrogen and oxygen atoms in total. The van der Waals surface area contributed by atoms with Gasteiger partial charge in [0.05, 0.1) is 32.8 Å². The number of esters is 1. The minimum atomic E-state index is -0.494. The number of nitrogens with zero attached hydrogens (tertiary/aromatic N) is 1. The van der Waals surface area contributed by atoms with Crippen molar-refractivity contribution in [3.05, 3.63) is 29.8 Å². The Labute approximate surface area is 202 Å². The molecule has 1 aromatic rings. The Balaban J connectivity index is 1.30. The van der Waals surface area contributed by atoms with Gasteiger partial charge in [0.25, 0.3) is 0 Å². The van der Waals surface area contributed by atoms with Crippen LogP contribution in [0.4, 0.5) is 4.79 Å². The maximum absolute atomic E-state index is 12.3. The summed E-state index contributed by atoms with van der Waals surface area (Å²) >= 11 is 0. The topological polar surface area (TPSA) is 83.5 Å². The summed E-state index contributed by atoms with van der Waals surface area (Å²) in [6, 6.07) is 7.59. The smallest absolute Gasteiger partial charge is 0.410 e. The zero-order chi connectivity index (χ0) is 24.4. The predicted octanol–water partition coefficient (Wildman–Crippen LogP) is 4.34. The van der Waals surface area contributed by atoms with E-state index in [4.69, 9.17) is 23.7 Å². The average molecular weight is 478 g/mol. The Morgan fingerprint density at radius 1 is 1.09 bits per heavy atom. The van der Waals surface area contributed by atoms with Crippen LogP contribution >= 0.6 is 0 Å². The fourth-order valence-electron chi connectivity index (χ4n) is 3.96. The lowest BCUT2D eigenvalue weighted by molar-refractivity contribution is -0.144. The molecule has 3 rings (SSSR count). The van der Waals surface area contributed by atoms with Gasteiger partial charge in [-0.15, -0.1) is 0 Å². The Morgan fingerprint density at radius 2 is 1.82 bits per heavy atom. The maximum atomic E-state index is 12.3. The highest BCUT2D eigenvalue weighted by atomic mass is 16.7. The number of carbonyl (C=O) groups is 2. The highest BCUT2D eigenvalue weighted by Crippen LogP contribution is 2.21. The largest absolute Gasteiger partial charge is 0.494 e. The summed E-state index contributed by atoms with van der Waals surface area (Å²) in [7, 11) is 0. The van der Waals surface area contributed by atoms with E-state index < -0.39 is 5.60 Å². The Kier molecular flexibility index (Phi) is 10.0. The molecule has 0 spiro atoms. The molecule has 1 amide bonds. The molecule has 0 atom stereocenters. The number of unbranched alkanes of at least 4 members (excludes halogenated alkanes) is 1. The fourth-order valence-corrected chi connectivity index (χ4v) is 3.96. The molecule has 8 heteroatoms. The number of carbonyl (C=O) groups excluding carboxylic acids is 2. The molecule has 34 heavy (non-hydrogen) atoms. The van der Waals surface area contributed by atoms with Crippen molar-refractivity contribution in [3.63, 3.8) is 0 Å². The van der Waals surface area contributed by atoms with E-state index in [0.717, 1.165) is 43.4 Å². The van der Waals surface area contributed by atoms with E-state index in [0.29, 0.717) is 39.5 Å². The second-order valence-electron chi connectivity index (χ2n) is 9.93. The normalized spacial score (nSPS) is 17.6. The van der Waals surface area contributed by atoms with Gasteiger partial charge < -0.3 is 28.6 Å². The highest BCUT2D eigenvalue weighted by Gasteiger charge is 2.27. The lowest BCUT2D eigenvalue weighted by Crippen LogP contribution is -2.42. The van der Waals surface area contributed by atoms with Crippen LogP contribution in [0.15, 0.2) is 24.3 Å². The minimum Gasteiger partial charge on any atom is -0.494 e. The molecule has 0 radical (unpaired) electrons. The van der Waals surface area contributed by atoms with Crippen LogP contribution in [0.2, 0.25) is 0 Å². The predicted molar refractivity (Wildman–Crippen MR) is 127 cm³/mol. The summed E-state index contributed by atoms with van der Waals surface area (Å²) in [4.78, 5) is 26.2. The van der Waals surface area contributed by atoms with Crippen molar-refractivity contribution < 1.29 is 33.3 Å². The number of rotatable bonds is 10. The number of benzene rings is 1. The van der Waals surface area contributed by atoms with Gasteiger partial charge >= 0.3 is 12.1 Å². The van der Waals surface area contributed by atoms with E-state index in [1.165, 1.54) is 0 Å². The van der Waals surface area contributed by atoms with Crippen LogP contribution in [-0.2, 0) is 30.2 Å². The van der Waals surface area contributed by atoms with Crippen LogP contribution in [0.3, 0.4) is 0 Å². The molecule has 1 aromatic carbocycles. The zero-order valence-corrected chi connectivity index (χ0v) is 20.8. The summed E-state index contributed by atoms with van der Waals surface area (Å²) in [6.45, 7) is 9.20. The molecule has 2 aliphatic rings. The third kappa shape index (κ3) is 9.50. The number of ether oxygens (including phenoxy) is 5. The first-order valence-electron chi connectivity index (χ1n) is 12.4. The van der Waals surface area contributed by atoms with Gasteiger partial charge in [0, 0.05) is 13.1 Å². The van der Waals surface area contributed by atoms with E-state index >= 15 is 0 Å². The molecular weight excluding hydrogens is 438 g/mol. The zero-order valence-electron chi connectivity index (χ0n) is 20.8. The first-order chi connectivity index (χ1) is 16.3. The van der Waals surface area contributed by atoms with Crippen LogP contribution in [-0.4, -0.2) is 68.4 Å². The van der Waals surface area contributed by atoms with E-state index in [1.807, 2.05) is 45.0 Å². The monoisotopic (exact) mass is 477 g/mol. The quantitative estimate of drug-likeness (QED) is 0.366. The van der Waals surface area contributed by atoms with Crippen LogP contribution in [0, 0.1) is 5.92 Å². The van der Waals surface area contributed by atoms with Gasteiger partial charge in [-0.05, 0) is 76.5 Å². The number of hydrogen-bond donors (Lipinski definition) is 0. The molecule has 0 N–H and O–H groups in total. The van der Waals surface area contributed by atoms with Crippen LogP contribution in [0.25, 0.3) is 0 Å². The van der Waals surface area contributed by atoms with Crippen LogP contribution in [0.1, 0.15) is 58.4 Å². The van der Waals surface area contributed by atoms with Crippen molar-refractivity contribution in [2.24, 2.45) is 5.92 Å². The number of likely N-dealkylation sites (tertiary alicyclic amines) is 1. The average Bonchev–Trinajstić information content (AvgIpc) is 3.30. The molecule has 0 aromatic heterocycles. The van der Waals surface area contributed by atoms with Gasteiger partial charge in [0.1, 0.15) is 11.4 Å². The number of amides is 1. The molecular formula is C26H39NO7. The van der Waals surface area contributed by atoms with E-state index in [9.17, 15) is 9.59 Å². The Hall–Kier alpha value is -2.32. The standard InChI is InChI=1S/C26H39NO7/c1-26(2,3)34-25(29)27-12-10-20(11-13-27)19-33-23(28)18-21-7-6-8-22(17-21)30-14-5-4-9-24-31-15-16-32-24/h6-8,17,20,24H,4-5,9-16,18-19H2,1-3H3. The summed E-state index contributed by atoms with van der Waals surface area (Å²) in [5, 5.41) is 0. The number of piperidine rings is 1. The third-order valence-electron chi connectivity index (χ3n) is 5.79. The third-order valence-corrected chi connectivity index (χ3v) is 5.79. The molecule has 0 unspecified atom stereocenters. The lowest BCUT2D eigenvalue weighted by Gasteiger charge is -2.33. The van der Waals surface area contributed by atoms with Gasteiger partial charge in [-0.2, -0.15) is 0 Å². The van der Waals surface area contributed by atoms with Gasteiger partial charge in [-0.3, -0.25) is 4.79 Å². The molecule has 2 saturated heterocycles. The molecule has 0 bridgehead atoms. The van der Waals surface area contributed by atoms with Crippen molar-refractivity contribution in [2.45, 2.75) is 71.2 Å². The van der Waals surface area contributed by atoms with Crippen LogP contribution in [0.5, 0.6) is 5.75 Å². The number of hydrogen-bond acceptors (Lipinski definition) is 7. The van der Waals surface area contributed by atoms with Crippen molar-refractivity contribution in [1.29, 1.82) is 0 Å². The highest BCUT2D eigenvalue weighted by molar-refractivity contribution is 5.72. The van der Waals surface area contributed by atoms with Gasteiger partial charge in [0.2, 0.25) is 0 Å². The van der Waals surface area contributed by atoms with E-state index in [-0.39, 0.29) is 30.7 Å². The van der Waals surface area contributed by atoms with Gasteiger partial charge in [-0.25, -0.2) is 4.79 Å². The molecule has 0 saturated carbocycles. The van der Waals surface area contributed by atoms with Gasteiger partial charge in [-0.1, -0.05) is 12.1 Å². The Morgan fingerprint density at radius 3 is 2.53 bits per heavy atom. The molecule has 2 heterocycles. The van der Waals surface area contributed by atoms with Crippen molar-refractivity contribution in [1.82, 2.24) is 4.90 Å². The molecule has 190 valence electrons. The van der Waals surface area contributed by atoms with Crippen molar-refractivity contribution in [3.8, 4) is 5.75 Å². The summed E-state index contributed by atoms with van der Waals surface area (Å²) in [5.41, 5.74) is 0.376. The second kappa shape index (κ2) is 13.0. The van der Waals surface area contributed by atoms with E-state index in [2.05, 4.69) is 0 Å².